The molecule has 0 saturated heterocycles. The summed E-state index contributed by atoms with van der Waals surface area (Å²) in [6, 6.07) is 7.52. The first-order chi connectivity index (χ1) is 8.06. The van der Waals surface area contributed by atoms with E-state index in [2.05, 4.69) is 17.5 Å². The van der Waals surface area contributed by atoms with Gasteiger partial charge in [0.2, 0.25) is 0 Å². The van der Waals surface area contributed by atoms with Crippen molar-refractivity contribution in [1.82, 2.24) is 0 Å². The maximum Gasteiger partial charge on any atom is 0.0258 e. The van der Waals surface area contributed by atoms with Gasteiger partial charge >= 0.3 is 0 Å². The first kappa shape index (κ1) is 21.9. The Bertz CT molecular complexity index is 548. The summed E-state index contributed by atoms with van der Waals surface area (Å²) in [4.78, 5) is 22.9. The minimum absolute atomic E-state index is 0. The SMILES string of the molecule is CC1=[C-]C(=O)C(Nc2ccc(C)cc2)=[C-]C1=O.[V].[V].[V]. The third kappa shape index (κ3) is 5.53. The maximum atomic E-state index is 11.6. The van der Waals surface area contributed by atoms with E-state index in [1.165, 1.54) is 0 Å². The zero-order valence-corrected chi connectivity index (χ0v) is 15.2. The fourth-order valence-corrected chi connectivity index (χ4v) is 1.42. The molecule has 0 bridgehead atoms. The van der Waals surface area contributed by atoms with Gasteiger partial charge in [0.15, 0.2) is 0 Å². The third-order valence-corrected chi connectivity index (χ3v) is 2.43. The minimum atomic E-state index is -0.345. The Morgan fingerprint density at radius 1 is 0.850 bits per heavy atom. The number of aryl methyl sites for hydroxylation is 1. The summed E-state index contributed by atoms with van der Waals surface area (Å²) >= 11 is 0. The molecule has 0 saturated carbocycles. The van der Waals surface area contributed by atoms with E-state index in [1.807, 2.05) is 31.2 Å². The molecule has 20 heavy (non-hydrogen) atoms. The molecule has 3 radical (unpaired) electrons. The fourth-order valence-electron chi connectivity index (χ4n) is 1.42. The molecule has 1 N–H and O–H groups in total. The van der Waals surface area contributed by atoms with E-state index in [4.69, 9.17) is 0 Å². The number of Topliss-reactive ketones (excluding diaryl/α,β-unsaturated/α-hetero) is 2. The predicted molar refractivity (Wildman–Crippen MR) is 64.0 cm³/mol. The van der Waals surface area contributed by atoms with Crippen LogP contribution in [0.15, 0.2) is 35.5 Å². The summed E-state index contributed by atoms with van der Waals surface area (Å²) in [6.45, 7) is 3.53. The van der Waals surface area contributed by atoms with Crippen LogP contribution in [0.4, 0.5) is 5.69 Å². The summed E-state index contributed by atoms with van der Waals surface area (Å²) in [5.41, 5.74) is 2.32. The summed E-state index contributed by atoms with van der Waals surface area (Å²) in [7, 11) is 0. The number of rotatable bonds is 2. The van der Waals surface area contributed by atoms with Crippen LogP contribution in [0.5, 0.6) is 0 Å². The smallest absolute Gasteiger partial charge is 0.0258 e. The van der Waals surface area contributed by atoms with Crippen LogP contribution >= 0.6 is 0 Å². The van der Waals surface area contributed by atoms with Crippen molar-refractivity contribution in [2.75, 3.05) is 5.32 Å². The fraction of sp³-hybridized carbons (Fsp3) is 0.143. The van der Waals surface area contributed by atoms with Gasteiger partial charge in [-0.15, -0.1) is 12.6 Å². The molecule has 101 valence electrons. The second kappa shape index (κ2) is 9.52. The minimum Gasteiger partial charge on any atom is -0.428 e. The van der Waals surface area contributed by atoms with Crippen molar-refractivity contribution >= 4 is 17.3 Å². The summed E-state index contributed by atoms with van der Waals surface area (Å²) in [5, 5.41) is 2.87. The number of allylic oxidation sites excluding steroid dienone is 3. The average Bonchev–Trinajstić information content (AvgIpc) is 2.29. The molecule has 1 aliphatic carbocycles. The number of ketones is 2. The van der Waals surface area contributed by atoms with Crippen molar-refractivity contribution in [3.63, 3.8) is 0 Å². The number of nitrogens with one attached hydrogen (secondary N) is 1. The zero-order chi connectivity index (χ0) is 12.4. The Hall–Kier alpha value is -0.407. The normalized spacial score (nSPS) is 13.1. The molecule has 0 aliphatic heterocycles. The van der Waals surface area contributed by atoms with Crippen LogP contribution in [-0.2, 0) is 65.3 Å². The van der Waals surface area contributed by atoms with Crippen LogP contribution in [0.1, 0.15) is 12.5 Å². The molecular weight excluding hydrogens is 367 g/mol. The number of benzene rings is 1. The largest absolute Gasteiger partial charge is 0.428 e. The van der Waals surface area contributed by atoms with Crippen molar-refractivity contribution in [3.05, 3.63) is 53.3 Å². The Morgan fingerprint density at radius 2 is 1.40 bits per heavy atom. The van der Waals surface area contributed by atoms with Crippen molar-refractivity contribution in [3.8, 4) is 0 Å². The second-order valence-electron chi connectivity index (χ2n) is 3.90. The average molecular weight is 378 g/mol. The van der Waals surface area contributed by atoms with E-state index in [0.29, 0.717) is 5.57 Å². The third-order valence-electron chi connectivity index (χ3n) is 2.43. The van der Waals surface area contributed by atoms with E-state index in [1.54, 1.807) is 6.92 Å². The summed E-state index contributed by atoms with van der Waals surface area (Å²) < 4.78 is 0. The number of carbonyl (C=O) groups excluding carboxylic acids is 2. The Balaban J connectivity index is 0. The number of anilines is 1. The molecule has 2 rings (SSSR count). The van der Waals surface area contributed by atoms with E-state index in [9.17, 15) is 9.59 Å². The van der Waals surface area contributed by atoms with Gasteiger partial charge in [-0.1, -0.05) is 17.7 Å². The molecule has 1 aromatic rings. The molecular formula is C14H11NO2V3-2. The molecule has 0 unspecified atom stereocenters. The molecule has 0 amide bonds. The van der Waals surface area contributed by atoms with Gasteiger partial charge in [-0.2, -0.15) is 0 Å². The monoisotopic (exact) mass is 378 g/mol. The summed E-state index contributed by atoms with van der Waals surface area (Å²) in [6.07, 6.45) is 4.97. The van der Waals surface area contributed by atoms with Crippen LogP contribution in [-0.4, -0.2) is 11.6 Å². The van der Waals surface area contributed by atoms with Gasteiger partial charge in [0.05, 0.1) is 0 Å². The number of hydrogen-bond donors (Lipinski definition) is 1. The molecule has 6 heteroatoms. The maximum absolute atomic E-state index is 11.6. The molecule has 0 atom stereocenters. The van der Waals surface area contributed by atoms with Crippen molar-refractivity contribution in [1.29, 1.82) is 0 Å². The molecule has 0 aromatic heterocycles. The van der Waals surface area contributed by atoms with E-state index in [0.717, 1.165) is 11.3 Å². The summed E-state index contributed by atoms with van der Waals surface area (Å²) in [5.74, 6) is -0.651. The van der Waals surface area contributed by atoms with Crippen LogP contribution in [0.25, 0.3) is 0 Å². The van der Waals surface area contributed by atoms with Crippen molar-refractivity contribution in [2.24, 2.45) is 0 Å². The van der Waals surface area contributed by atoms with Crippen molar-refractivity contribution < 1.29 is 65.3 Å². The van der Waals surface area contributed by atoms with Gasteiger partial charge in [0, 0.05) is 61.4 Å². The van der Waals surface area contributed by atoms with Gasteiger partial charge in [0.25, 0.3) is 0 Å². The topological polar surface area (TPSA) is 46.2 Å². The Kier molecular flexibility index (Phi) is 10.4. The van der Waals surface area contributed by atoms with Gasteiger partial charge in [-0.05, 0) is 30.6 Å². The molecule has 0 spiro atoms. The van der Waals surface area contributed by atoms with E-state index in [-0.39, 0.29) is 72.9 Å². The predicted octanol–water partition coefficient (Wildman–Crippen LogP) is 1.99. The van der Waals surface area contributed by atoms with Crippen LogP contribution < -0.4 is 5.32 Å². The van der Waals surface area contributed by atoms with Crippen LogP contribution in [0.2, 0.25) is 0 Å². The van der Waals surface area contributed by atoms with Crippen molar-refractivity contribution in [2.45, 2.75) is 13.8 Å². The first-order valence-corrected chi connectivity index (χ1v) is 5.23. The molecule has 0 heterocycles. The quantitative estimate of drug-likeness (QED) is 0.633. The number of hydrogen-bond acceptors (Lipinski definition) is 3. The van der Waals surface area contributed by atoms with Gasteiger partial charge < -0.3 is 14.9 Å². The molecule has 0 fully saturated rings. The standard InChI is InChI=1S/C14H11NO2.3V/c1-9-3-5-11(6-4-9)15-12-8-13(16)10(2)7-14(12)17;;;/h3-6,15H,1-2H3;;;/q-2;;;. The number of carbonyl (C=O) groups is 2. The van der Waals surface area contributed by atoms with E-state index < -0.39 is 0 Å². The Labute approximate surface area is 154 Å². The first-order valence-electron chi connectivity index (χ1n) is 5.23. The zero-order valence-electron chi connectivity index (χ0n) is 11.0. The van der Waals surface area contributed by atoms with Crippen LogP contribution in [0.3, 0.4) is 0 Å². The Morgan fingerprint density at radius 3 is 1.95 bits per heavy atom. The molecule has 3 nitrogen and oxygen atoms in total. The second-order valence-corrected chi connectivity index (χ2v) is 3.90. The van der Waals surface area contributed by atoms with Gasteiger partial charge in [-0.3, -0.25) is 6.08 Å². The van der Waals surface area contributed by atoms with E-state index >= 15 is 0 Å². The van der Waals surface area contributed by atoms with Gasteiger partial charge in [-0.25, -0.2) is 11.6 Å². The van der Waals surface area contributed by atoms with Gasteiger partial charge in [0.1, 0.15) is 0 Å². The molecule has 1 aliphatic rings. The molecule has 1 aromatic carbocycles. The van der Waals surface area contributed by atoms with Crippen LogP contribution in [0, 0.1) is 19.1 Å².